The van der Waals surface area contributed by atoms with Crippen molar-refractivity contribution in [1.82, 2.24) is 10.1 Å². The molecule has 0 radical (unpaired) electrons. The summed E-state index contributed by atoms with van der Waals surface area (Å²) in [7, 11) is 0. The van der Waals surface area contributed by atoms with Crippen LogP contribution in [0.2, 0.25) is 0 Å². The van der Waals surface area contributed by atoms with E-state index in [1.165, 1.54) is 0 Å². The summed E-state index contributed by atoms with van der Waals surface area (Å²) in [6.07, 6.45) is 1.76. The number of amides is 1. The van der Waals surface area contributed by atoms with Crippen LogP contribution in [0.4, 0.5) is 5.69 Å². The summed E-state index contributed by atoms with van der Waals surface area (Å²) < 4.78 is 11.7. The van der Waals surface area contributed by atoms with Crippen LogP contribution in [-0.2, 0) is 11.2 Å². The van der Waals surface area contributed by atoms with E-state index in [-0.39, 0.29) is 12.3 Å². The van der Waals surface area contributed by atoms with Crippen molar-refractivity contribution in [2.24, 2.45) is 0 Å². The number of benzene rings is 1. The standard InChI is InChI=1S/C18H16BrN3O3/c1-11-16(12(2)25-22-11)9-17(23)21-14-6-7-18(20-10-14)24-15-5-3-4-13(19)8-15/h3-8,10H,9H2,1-2H3,(H,21,23). The van der Waals surface area contributed by atoms with E-state index in [2.05, 4.69) is 31.4 Å². The average Bonchev–Trinajstić information content (AvgIpc) is 2.89. The summed E-state index contributed by atoms with van der Waals surface area (Å²) in [5.74, 6) is 1.62. The maximum atomic E-state index is 12.2. The SMILES string of the molecule is Cc1noc(C)c1CC(=O)Nc1ccc(Oc2cccc(Br)c2)nc1. The van der Waals surface area contributed by atoms with Crippen molar-refractivity contribution in [2.75, 3.05) is 5.32 Å². The lowest BCUT2D eigenvalue weighted by Gasteiger charge is -2.07. The highest BCUT2D eigenvalue weighted by Gasteiger charge is 2.13. The number of aromatic nitrogens is 2. The van der Waals surface area contributed by atoms with Gasteiger partial charge in [-0.25, -0.2) is 4.98 Å². The normalized spacial score (nSPS) is 10.5. The Morgan fingerprint density at radius 3 is 2.76 bits per heavy atom. The van der Waals surface area contributed by atoms with E-state index < -0.39 is 0 Å². The molecule has 0 aliphatic carbocycles. The molecule has 1 amide bonds. The topological polar surface area (TPSA) is 77.2 Å². The quantitative estimate of drug-likeness (QED) is 0.684. The maximum Gasteiger partial charge on any atom is 0.229 e. The van der Waals surface area contributed by atoms with Crippen molar-refractivity contribution in [3.05, 3.63) is 64.1 Å². The van der Waals surface area contributed by atoms with Gasteiger partial charge in [-0.15, -0.1) is 0 Å². The molecule has 0 unspecified atom stereocenters. The molecule has 0 fully saturated rings. The Kier molecular flexibility index (Phi) is 5.14. The van der Waals surface area contributed by atoms with Gasteiger partial charge in [-0.1, -0.05) is 27.2 Å². The first-order chi connectivity index (χ1) is 12.0. The van der Waals surface area contributed by atoms with Gasteiger partial charge >= 0.3 is 0 Å². The van der Waals surface area contributed by atoms with Crippen molar-refractivity contribution >= 4 is 27.5 Å². The molecule has 0 atom stereocenters. The zero-order valence-corrected chi connectivity index (χ0v) is 15.3. The summed E-state index contributed by atoms with van der Waals surface area (Å²) in [5, 5.41) is 6.65. The largest absolute Gasteiger partial charge is 0.439 e. The number of nitrogens with zero attached hydrogens (tertiary/aromatic N) is 2. The molecule has 2 heterocycles. The fourth-order valence-corrected chi connectivity index (χ4v) is 2.66. The molecule has 7 heteroatoms. The summed E-state index contributed by atoms with van der Waals surface area (Å²) in [5.41, 5.74) is 2.13. The number of ether oxygens (including phenoxy) is 1. The molecule has 0 aliphatic heterocycles. The molecule has 0 bridgehead atoms. The van der Waals surface area contributed by atoms with E-state index in [1.807, 2.05) is 31.2 Å². The van der Waals surface area contributed by atoms with Crippen molar-refractivity contribution in [3.8, 4) is 11.6 Å². The van der Waals surface area contributed by atoms with Gasteiger partial charge in [0.25, 0.3) is 0 Å². The van der Waals surface area contributed by atoms with Gasteiger partial charge in [-0.05, 0) is 38.1 Å². The van der Waals surface area contributed by atoms with Gasteiger partial charge < -0.3 is 14.6 Å². The smallest absolute Gasteiger partial charge is 0.229 e. The van der Waals surface area contributed by atoms with Crippen LogP contribution >= 0.6 is 15.9 Å². The lowest BCUT2D eigenvalue weighted by molar-refractivity contribution is -0.115. The Morgan fingerprint density at radius 1 is 1.28 bits per heavy atom. The fraction of sp³-hybridized carbons (Fsp3) is 0.167. The molecular formula is C18H16BrN3O3. The Morgan fingerprint density at radius 2 is 2.12 bits per heavy atom. The zero-order valence-electron chi connectivity index (χ0n) is 13.7. The minimum Gasteiger partial charge on any atom is -0.439 e. The molecule has 1 N–H and O–H groups in total. The molecule has 0 aliphatic rings. The van der Waals surface area contributed by atoms with E-state index in [1.54, 1.807) is 25.3 Å². The molecule has 6 nitrogen and oxygen atoms in total. The Bertz CT molecular complexity index is 871. The number of carbonyl (C=O) groups excluding carboxylic acids is 1. The van der Waals surface area contributed by atoms with Crippen molar-refractivity contribution < 1.29 is 14.1 Å². The van der Waals surface area contributed by atoms with Gasteiger partial charge in [0.1, 0.15) is 11.5 Å². The summed E-state index contributed by atoms with van der Waals surface area (Å²) >= 11 is 3.39. The number of hydrogen-bond acceptors (Lipinski definition) is 5. The third-order valence-electron chi connectivity index (χ3n) is 3.56. The summed E-state index contributed by atoms with van der Waals surface area (Å²) in [6, 6.07) is 10.9. The maximum absolute atomic E-state index is 12.2. The minimum atomic E-state index is -0.156. The van der Waals surface area contributed by atoms with Crippen molar-refractivity contribution in [1.29, 1.82) is 0 Å². The lowest BCUT2D eigenvalue weighted by atomic mass is 10.1. The first-order valence-corrected chi connectivity index (χ1v) is 8.41. The Labute approximate surface area is 153 Å². The summed E-state index contributed by atoms with van der Waals surface area (Å²) in [6.45, 7) is 3.60. The number of nitrogens with one attached hydrogen (secondary N) is 1. The number of carbonyl (C=O) groups is 1. The predicted molar refractivity (Wildman–Crippen MR) is 96.8 cm³/mol. The zero-order chi connectivity index (χ0) is 17.8. The van der Waals surface area contributed by atoms with Crippen LogP contribution in [-0.4, -0.2) is 16.0 Å². The highest BCUT2D eigenvalue weighted by Crippen LogP contribution is 2.23. The van der Waals surface area contributed by atoms with Crippen molar-refractivity contribution in [3.63, 3.8) is 0 Å². The van der Waals surface area contributed by atoms with E-state index in [4.69, 9.17) is 9.26 Å². The van der Waals surface area contributed by atoms with Gasteiger partial charge in [0.2, 0.25) is 11.8 Å². The second-order valence-corrected chi connectivity index (χ2v) is 6.39. The van der Waals surface area contributed by atoms with E-state index >= 15 is 0 Å². The predicted octanol–water partition coefficient (Wildman–Crippen LogP) is 4.42. The third kappa shape index (κ3) is 4.45. The van der Waals surface area contributed by atoms with Gasteiger partial charge in [-0.2, -0.15) is 0 Å². The number of hydrogen-bond donors (Lipinski definition) is 1. The molecule has 3 rings (SSSR count). The summed E-state index contributed by atoms with van der Waals surface area (Å²) in [4.78, 5) is 16.4. The van der Waals surface area contributed by atoms with Gasteiger partial charge in [0.15, 0.2) is 0 Å². The van der Waals surface area contributed by atoms with E-state index in [9.17, 15) is 4.79 Å². The van der Waals surface area contributed by atoms with Gasteiger partial charge in [0, 0.05) is 16.1 Å². The van der Waals surface area contributed by atoms with Crippen LogP contribution in [0.1, 0.15) is 17.0 Å². The first kappa shape index (κ1) is 17.2. The number of anilines is 1. The second kappa shape index (κ2) is 7.48. The van der Waals surface area contributed by atoms with Crippen LogP contribution < -0.4 is 10.1 Å². The third-order valence-corrected chi connectivity index (χ3v) is 4.05. The lowest BCUT2D eigenvalue weighted by Crippen LogP contribution is -2.15. The first-order valence-electron chi connectivity index (χ1n) is 7.62. The molecule has 25 heavy (non-hydrogen) atoms. The monoisotopic (exact) mass is 401 g/mol. The second-order valence-electron chi connectivity index (χ2n) is 5.47. The van der Waals surface area contributed by atoms with Gasteiger partial charge in [-0.3, -0.25) is 4.79 Å². The molecule has 2 aromatic heterocycles. The molecule has 0 saturated carbocycles. The van der Waals surface area contributed by atoms with E-state index in [0.29, 0.717) is 23.1 Å². The molecular weight excluding hydrogens is 386 g/mol. The number of rotatable bonds is 5. The molecule has 1 aromatic carbocycles. The van der Waals surface area contributed by atoms with Crippen LogP contribution in [0.25, 0.3) is 0 Å². The molecule has 3 aromatic rings. The average molecular weight is 402 g/mol. The highest BCUT2D eigenvalue weighted by atomic mass is 79.9. The van der Waals surface area contributed by atoms with Gasteiger partial charge in [0.05, 0.1) is 24.0 Å². The van der Waals surface area contributed by atoms with E-state index in [0.717, 1.165) is 15.7 Å². The van der Waals surface area contributed by atoms with Crippen LogP contribution in [0.5, 0.6) is 11.6 Å². The molecule has 0 spiro atoms. The highest BCUT2D eigenvalue weighted by molar-refractivity contribution is 9.10. The van der Waals surface area contributed by atoms with Crippen LogP contribution in [0.3, 0.4) is 0 Å². The Balaban J connectivity index is 1.61. The fourth-order valence-electron chi connectivity index (χ4n) is 2.29. The van der Waals surface area contributed by atoms with Crippen molar-refractivity contribution in [2.45, 2.75) is 20.3 Å². The van der Waals surface area contributed by atoms with Crippen LogP contribution in [0.15, 0.2) is 51.6 Å². The number of aryl methyl sites for hydroxylation is 2. The van der Waals surface area contributed by atoms with Crippen LogP contribution in [0, 0.1) is 13.8 Å². The molecule has 128 valence electrons. The Hall–Kier alpha value is -2.67. The number of halogens is 1. The number of pyridine rings is 1. The minimum absolute atomic E-state index is 0.156. The molecule has 0 saturated heterocycles.